The first kappa shape index (κ1) is 14.5. The van der Waals surface area contributed by atoms with Gasteiger partial charge in [-0.15, -0.1) is 0 Å². The van der Waals surface area contributed by atoms with Crippen molar-refractivity contribution >= 4 is 17.8 Å². The van der Waals surface area contributed by atoms with E-state index < -0.39 is 29.6 Å². The van der Waals surface area contributed by atoms with Crippen molar-refractivity contribution in [3.8, 4) is 0 Å². The molecule has 0 aromatic carbocycles. The number of likely N-dealkylation sites (tertiary alicyclic amines) is 1. The maximum Gasteiger partial charge on any atom is 0.410 e. The number of nitrogens with zero attached hydrogens (tertiary/aromatic N) is 1. The van der Waals surface area contributed by atoms with E-state index in [4.69, 9.17) is 10.5 Å². The molecule has 1 fully saturated rings. The molecule has 0 saturated carbocycles. The van der Waals surface area contributed by atoms with Gasteiger partial charge in [-0.05, 0) is 27.7 Å². The van der Waals surface area contributed by atoms with Crippen molar-refractivity contribution < 1.29 is 19.1 Å². The molecule has 2 amide bonds. The van der Waals surface area contributed by atoms with E-state index in [1.165, 1.54) is 4.90 Å². The molecule has 1 rings (SSSR count). The zero-order valence-corrected chi connectivity index (χ0v) is 11.2. The highest BCUT2D eigenvalue weighted by Gasteiger charge is 2.41. The molecule has 1 aliphatic rings. The van der Waals surface area contributed by atoms with E-state index in [2.05, 4.69) is 0 Å². The molecule has 2 N–H and O–H groups in total. The summed E-state index contributed by atoms with van der Waals surface area (Å²) in [5.41, 5.74) is 4.59. The zero-order valence-electron chi connectivity index (χ0n) is 11.2. The lowest BCUT2D eigenvalue weighted by atomic mass is 9.88. The Hall–Kier alpha value is -1.59. The summed E-state index contributed by atoms with van der Waals surface area (Å²) in [6.07, 6.45) is -0.384. The third kappa shape index (κ3) is 3.21. The number of Topliss-reactive ketones (excluding diaryl/α,β-unsaturated/α-hetero) is 1. The molecule has 102 valence electrons. The predicted molar refractivity (Wildman–Crippen MR) is 64.7 cm³/mol. The van der Waals surface area contributed by atoms with E-state index in [-0.39, 0.29) is 18.7 Å². The lowest BCUT2D eigenvalue weighted by Gasteiger charge is -2.37. The standard InChI is InChI=1S/C12H20N2O4/c1-7-9(10(13)16)8(15)5-6-14(7)11(17)18-12(2,3)4/h7,9H,5-6H2,1-4H3,(H2,13,16)/t7-,9?/m0/s1. The summed E-state index contributed by atoms with van der Waals surface area (Å²) >= 11 is 0. The zero-order chi connectivity index (χ0) is 14.1. The minimum Gasteiger partial charge on any atom is -0.444 e. The van der Waals surface area contributed by atoms with Crippen LogP contribution in [0.3, 0.4) is 0 Å². The molecule has 0 radical (unpaired) electrons. The second-order valence-electron chi connectivity index (χ2n) is 5.51. The van der Waals surface area contributed by atoms with E-state index in [0.29, 0.717) is 0 Å². The van der Waals surface area contributed by atoms with E-state index in [1.807, 2.05) is 0 Å². The van der Waals surface area contributed by atoms with Crippen LogP contribution in [0.4, 0.5) is 4.79 Å². The van der Waals surface area contributed by atoms with Gasteiger partial charge in [-0.3, -0.25) is 9.59 Å². The number of hydrogen-bond acceptors (Lipinski definition) is 4. The minimum absolute atomic E-state index is 0.136. The normalized spacial score (nSPS) is 24.9. The molecule has 0 bridgehead atoms. The average molecular weight is 256 g/mol. The summed E-state index contributed by atoms with van der Waals surface area (Å²) in [6, 6.07) is -0.557. The van der Waals surface area contributed by atoms with Crippen LogP contribution in [0.15, 0.2) is 0 Å². The molecule has 6 heteroatoms. The molecule has 0 spiro atoms. The van der Waals surface area contributed by atoms with Gasteiger partial charge in [0.25, 0.3) is 0 Å². The van der Waals surface area contributed by atoms with Gasteiger partial charge < -0.3 is 15.4 Å². The van der Waals surface area contributed by atoms with Crippen molar-refractivity contribution in [2.24, 2.45) is 11.7 Å². The van der Waals surface area contributed by atoms with Gasteiger partial charge in [-0.1, -0.05) is 0 Å². The summed E-state index contributed by atoms with van der Waals surface area (Å²) < 4.78 is 5.23. The summed E-state index contributed by atoms with van der Waals surface area (Å²) in [4.78, 5) is 36.2. The summed E-state index contributed by atoms with van der Waals surface area (Å²) in [5, 5.41) is 0. The Labute approximate surface area is 106 Å². The van der Waals surface area contributed by atoms with Gasteiger partial charge in [0.05, 0.1) is 6.04 Å². The first-order chi connectivity index (χ1) is 8.13. The van der Waals surface area contributed by atoms with E-state index in [1.54, 1.807) is 27.7 Å². The van der Waals surface area contributed by atoms with Crippen molar-refractivity contribution in [2.45, 2.75) is 45.8 Å². The van der Waals surface area contributed by atoms with Gasteiger partial charge in [-0.25, -0.2) is 4.79 Å². The SMILES string of the molecule is C[C@H]1C(C(N)=O)C(=O)CCN1C(=O)OC(C)(C)C. The average Bonchev–Trinajstić information content (AvgIpc) is 2.13. The molecule has 6 nitrogen and oxygen atoms in total. The maximum atomic E-state index is 11.9. The summed E-state index contributed by atoms with van der Waals surface area (Å²) in [7, 11) is 0. The van der Waals surface area contributed by atoms with Crippen LogP contribution >= 0.6 is 0 Å². The van der Waals surface area contributed by atoms with Gasteiger partial charge in [0.2, 0.25) is 5.91 Å². The Balaban J connectivity index is 2.82. The molecular formula is C12H20N2O4. The number of rotatable bonds is 1. The second-order valence-corrected chi connectivity index (χ2v) is 5.51. The number of ketones is 1. The Morgan fingerprint density at radius 2 is 1.94 bits per heavy atom. The number of carbonyl (C=O) groups is 3. The fourth-order valence-electron chi connectivity index (χ4n) is 2.01. The van der Waals surface area contributed by atoms with Gasteiger partial charge >= 0.3 is 6.09 Å². The number of carbonyl (C=O) groups excluding carboxylic acids is 3. The van der Waals surface area contributed by atoms with Crippen molar-refractivity contribution in [1.29, 1.82) is 0 Å². The highest BCUT2D eigenvalue weighted by atomic mass is 16.6. The van der Waals surface area contributed by atoms with Crippen LogP contribution in [-0.4, -0.2) is 40.9 Å². The molecule has 0 aliphatic carbocycles. The number of ether oxygens (including phenoxy) is 1. The number of nitrogens with two attached hydrogens (primary N) is 1. The quantitative estimate of drug-likeness (QED) is 0.699. The van der Waals surface area contributed by atoms with Crippen LogP contribution in [0.5, 0.6) is 0 Å². The van der Waals surface area contributed by atoms with E-state index in [9.17, 15) is 14.4 Å². The number of piperidine rings is 1. The highest BCUT2D eigenvalue weighted by Crippen LogP contribution is 2.22. The molecule has 1 heterocycles. The Morgan fingerprint density at radius 3 is 2.39 bits per heavy atom. The van der Waals surface area contributed by atoms with Crippen LogP contribution in [0.25, 0.3) is 0 Å². The lowest BCUT2D eigenvalue weighted by Crippen LogP contribution is -2.55. The van der Waals surface area contributed by atoms with Crippen molar-refractivity contribution in [2.75, 3.05) is 6.54 Å². The minimum atomic E-state index is -0.939. The molecular weight excluding hydrogens is 236 g/mol. The van der Waals surface area contributed by atoms with Crippen LogP contribution in [0, 0.1) is 5.92 Å². The van der Waals surface area contributed by atoms with Crippen molar-refractivity contribution in [3.63, 3.8) is 0 Å². The second kappa shape index (κ2) is 4.96. The van der Waals surface area contributed by atoms with E-state index >= 15 is 0 Å². The lowest BCUT2D eigenvalue weighted by molar-refractivity contribution is -0.137. The monoisotopic (exact) mass is 256 g/mol. The Bertz CT molecular complexity index is 373. The van der Waals surface area contributed by atoms with Crippen LogP contribution < -0.4 is 5.73 Å². The Morgan fingerprint density at radius 1 is 1.39 bits per heavy atom. The smallest absolute Gasteiger partial charge is 0.410 e. The topological polar surface area (TPSA) is 89.7 Å². The van der Waals surface area contributed by atoms with Crippen molar-refractivity contribution in [3.05, 3.63) is 0 Å². The molecule has 18 heavy (non-hydrogen) atoms. The van der Waals surface area contributed by atoms with E-state index in [0.717, 1.165) is 0 Å². The van der Waals surface area contributed by atoms with Gasteiger partial charge in [-0.2, -0.15) is 0 Å². The first-order valence-electron chi connectivity index (χ1n) is 5.95. The van der Waals surface area contributed by atoms with Gasteiger partial charge in [0.15, 0.2) is 0 Å². The fourth-order valence-corrected chi connectivity index (χ4v) is 2.01. The van der Waals surface area contributed by atoms with Crippen LogP contribution in [0.2, 0.25) is 0 Å². The fraction of sp³-hybridized carbons (Fsp3) is 0.750. The predicted octanol–water partition coefficient (Wildman–Crippen LogP) is 0.686. The first-order valence-corrected chi connectivity index (χ1v) is 5.95. The molecule has 0 aromatic heterocycles. The highest BCUT2D eigenvalue weighted by molar-refractivity contribution is 6.02. The molecule has 1 aliphatic heterocycles. The molecule has 0 aromatic rings. The summed E-state index contributed by atoms with van der Waals surface area (Å²) in [6.45, 7) is 7.18. The van der Waals surface area contributed by atoms with Gasteiger partial charge in [0.1, 0.15) is 17.3 Å². The third-order valence-electron chi connectivity index (χ3n) is 2.85. The van der Waals surface area contributed by atoms with Gasteiger partial charge in [0, 0.05) is 13.0 Å². The molecule has 1 unspecified atom stereocenters. The molecule has 2 atom stereocenters. The number of hydrogen-bond donors (Lipinski definition) is 1. The summed E-state index contributed by atoms with van der Waals surface area (Å²) in [5.74, 6) is -1.85. The largest absolute Gasteiger partial charge is 0.444 e. The van der Waals surface area contributed by atoms with Crippen LogP contribution in [0.1, 0.15) is 34.1 Å². The third-order valence-corrected chi connectivity index (χ3v) is 2.85. The number of amides is 2. The number of primary amides is 1. The van der Waals surface area contributed by atoms with Crippen molar-refractivity contribution in [1.82, 2.24) is 4.90 Å². The Kier molecular flexibility index (Phi) is 3.98. The maximum absolute atomic E-state index is 11.9. The van der Waals surface area contributed by atoms with Crippen LogP contribution in [-0.2, 0) is 14.3 Å². The molecule has 1 saturated heterocycles.